The van der Waals surface area contributed by atoms with Crippen molar-refractivity contribution in [3.63, 3.8) is 0 Å². The first kappa shape index (κ1) is 20.6. The Morgan fingerprint density at radius 2 is 2.00 bits per heavy atom. The van der Waals surface area contributed by atoms with E-state index < -0.39 is 12.0 Å². The second kappa shape index (κ2) is 8.06. The van der Waals surface area contributed by atoms with E-state index >= 15 is 0 Å². The van der Waals surface area contributed by atoms with E-state index in [1.807, 2.05) is 24.3 Å². The van der Waals surface area contributed by atoms with Gasteiger partial charge in [-0.05, 0) is 43.5 Å². The number of aromatic nitrogens is 4. The van der Waals surface area contributed by atoms with Crippen LogP contribution >= 0.6 is 0 Å². The average Bonchev–Trinajstić information content (AvgIpc) is 3.11. The molecule has 1 aromatic carbocycles. The molecule has 0 fully saturated rings. The first-order valence-electron chi connectivity index (χ1n) is 8.88. The van der Waals surface area contributed by atoms with Crippen molar-refractivity contribution in [1.82, 2.24) is 24.9 Å². The van der Waals surface area contributed by atoms with Crippen LogP contribution in [0.4, 0.5) is 13.2 Å². The third-order valence-corrected chi connectivity index (χ3v) is 4.53. The molecule has 0 aliphatic rings. The van der Waals surface area contributed by atoms with E-state index in [9.17, 15) is 18.0 Å². The Balaban J connectivity index is 1.68. The molecule has 3 rings (SSSR count). The fourth-order valence-electron chi connectivity index (χ4n) is 3.00. The molecule has 154 valence electrons. The van der Waals surface area contributed by atoms with Gasteiger partial charge in [-0.25, -0.2) is 9.50 Å². The minimum Gasteiger partial charge on any atom is -0.497 e. The van der Waals surface area contributed by atoms with E-state index in [4.69, 9.17) is 4.74 Å². The second-order valence-corrected chi connectivity index (χ2v) is 6.53. The molecule has 3 aromatic rings. The molecular formula is C19H20F3N5O2. The minimum atomic E-state index is -4.64. The van der Waals surface area contributed by atoms with Crippen molar-refractivity contribution < 1.29 is 22.7 Å². The monoisotopic (exact) mass is 407 g/mol. The van der Waals surface area contributed by atoms with Crippen molar-refractivity contribution in [2.24, 2.45) is 0 Å². The summed E-state index contributed by atoms with van der Waals surface area (Å²) in [5, 5.41) is 6.33. The van der Waals surface area contributed by atoms with Crippen LogP contribution in [-0.4, -0.2) is 32.6 Å². The van der Waals surface area contributed by atoms with E-state index in [1.165, 1.54) is 0 Å². The number of fused-ring (bicyclic) bond motifs is 1. The van der Waals surface area contributed by atoms with Crippen molar-refractivity contribution in [2.75, 3.05) is 7.11 Å². The van der Waals surface area contributed by atoms with E-state index in [-0.39, 0.29) is 18.1 Å². The number of rotatable bonds is 6. The molecule has 0 saturated carbocycles. The Kier molecular flexibility index (Phi) is 5.71. The van der Waals surface area contributed by atoms with Gasteiger partial charge in [-0.3, -0.25) is 4.79 Å². The fraction of sp³-hybridized carbons (Fsp3) is 0.368. The van der Waals surface area contributed by atoms with Crippen molar-refractivity contribution >= 4 is 11.7 Å². The molecule has 7 nitrogen and oxygen atoms in total. The summed E-state index contributed by atoms with van der Waals surface area (Å²) < 4.78 is 44.8. The van der Waals surface area contributed by atoms with Crippen LogP contribution in [0.3, 0.4) is 0 Å². The van der Waals surface area contributed by atoms with Crippen LogP contribution in [-0.2, 0) is 23.9 Å². The van der Waals surface area contributed by atoms with Gasteiger partial charge in [0.05, 0.1) is 7.11 Å². The van der Waals surface area contributed by atoms with Crippen molar-refractivity contribution in [3.8, 4) is 5.75 Å². The zero-order valence-corrected chi connectivity index (χ0v) is 16.2. The number of nitrogens with one attached hydrogen (secondary N) is 1. The highest BCUT2D eigenvalue weighted by Crippen LogP contribution is 2.27. The molecule has 10 heteroatoms. The van der Waals surface area contributed by atoms with Crippen LogP contribution in [0.5, 0.6) is 5.75 Å². The van der Waals surface area contributed by atoms with Crippen LogP contribution in [0.2, 0.25) is 0 Å². The molecule has 0 radical (unpaired) electrons. The van der Waals surface area contributed by atoms with Crippen molar-refractivity contribution in [2.45, 2.75) is 39.4 Å². The van der Waals surface area contributed by atoms with E-state index in [2.05, 4.69) is 20.4 Å². The number of halogens is 3. The number of nitrogens with zero attached hydrogens (tertiary/aromatic N) is 4. The number of methoxy groups -OCH3 is 1. The molecule has 0 saturated heterocycles. The summed E-state index contributed by atoms with van der Waals surface area (Å²) in [6.45, 7) is 3.67. The number of hydrogen-bond acceptors (Lipinski definition) is 5. The summed E-state index contributed by atoms with van der Waals surface area (Å²) in [6, 6.07) is 7.35. The highest BCUT2D eigenvalue weighted by atomic mass is 19.4. The minimum absolute atomic E-state index is 0.112. The maximum absolute atomic E-state index is 12.9. The predicted octanol–water partition coefficient (Wildman–Crippen LogP) is 3.02. The standard InChI is InChI=1S/C19H20F3N5O2/c1-11-15(12(2)27-18(24-11)25-17(26-27)19(20,21)22)7-8-16(28)23-10-13-5-4-6-14(9-13)29-3/h4-6,9H,7-8,10H2,1-3H3,(H,23,28). The van der Waals surface area contributed by atoms with Crippen LogP contribution in [0.15, 0.2) is 24.3 Å². The first-order chi connectivity index (χ1) is 13.7. The van der Waals surface area contributed by atoms with E-state index in [0.29, 0.717) is 35.7 Å². The maximum atomic E-state index is 12.9. The smallest absolute Gasteiger partial charge is 0.453 e. The van der Waals surface area contributed by atoms with Gasteiger partial charge >= 0.3 is 6.18 Å². The third-order valence-electron chi connectivity index (χ3n) is 4.53. The second-order valence-electron chi connectivity index (χ2n) is 6.53. The number of aryl methyl sites for hydroxylation is 2. The number of carbonyl (C=O) groups excluding carboxylic acids is 1. The summed E-state index contributed by atoms with van der Waals surface area (Å²) in [4.78, 5) is 19.8. The molecule has 2 heterocycles. The molecule has 2 aromatic heterocycles. The Morgan fingerprint density at radius 3 is 2.69 bits per heavy atom. The van der Waals surface area contributed by atoms with Gasteiger partial charge in [-0.1, -0.05) is 12.1 Å². The van der Waals surface area contributed by atoms with Crippen LogP contribution < -0.4 is 10.1 Å². The fourth-order valence-corrected chi connectivity index (χ4v) is 3.00. The molecule has 1 amide bonds. The summed E-state index contributed by atoms with van der Waals surface area (Å²) in [6.07, 6.45) is -4.15. The van der Waals surface area contributed by atoms with Gasteiger partial charge in [-0.2, -0.15) is 18.2 Å². The largest absolute Gasteiger partial charge is 0.497 e. The maximum Gasteiger partial charge on any atom is 0.453 e. The van der Waals surface area contributed by atoms with Gasteiger partial charge in [0.15, 0.2) is 0 Å². The van der Waals surface area contributed by atoms with Crippen molar-refractivity contribution in [1.29, 1.82) is 0 Å². The molecule has 0 aliphatic carbocycles. The quantitative estimate of drug-likeness (QED) is 0.679. The topological polar surface area (TPSA) is 81.4 Å². The van der Waals surface area contributed by atoms with Crippen LogP contribution in [0.1, 0.15) is 34.8 Å². The van der Waals surface area contributed by atoms with Crippen LogP contribution in [0.25, 0.3) is 5.78 Å². The number of carbonyl (C=O) groups is 1. The number of amides is 1. The predicted molar refractivity (Wildman–Crippen MR) is 98.4 cm³/mol. The Bertz CT molecular complexity index is 1050. The molecular weight excluding hydrogens is 387 g/mol. The normalized spacial score (nSPS) is 11.7. The lowest BCUT2D eigenvalue weighted by molar-refractivity contribution is -0.144. The molecule has 0 bridgehead atoms. The number of benzene rings is 1. The summed E-state index contributed by atoms with van der Waals surface area (Å²) in [5.74, 6) is -0.825. The van der Waals surface area contributed by atoms with Gasteiger partial charge in [0, 0.05) is 24.4 Å². The Morgan fingerprint density at radius 1 is 1.24 bits per heavy atom. The van der Waals surface area contributed by atoms with Gasteiger partial charge in [0.25, 0.3) is 11.6 Å². The molecule has 29 heavy (non-hydrogen) atoms. The first-order valence-corrected chi connectivity index (χ1v) is 8.88. The highest BCUT2D eigenvalue weighted by molar-refractivity contribution is 5.76. The SMILES string of the molecule is COc1cccc(CNC(=O)CCc2c(C)nc3nc(C(F)(F)F)nn3c2C)c1. The summed E-state index contributed by atoms with van der Waals surface area (Å²) in [7, 11) is 1.57. The summed E-state index contributed by atoms with van der Waals surface area (Å²) >= 11 is 0. The van der Waals surface area contributed by atoms with Crippen LogP contribution in [0, 0.1) is 13.8 Å². The van der Waals surface area contributed by atoms with Gasteiger partial charge in [0.2, 0.25) is 5.91 Å². The zero-order valence-electron chi connectivity index (χ0n) is 16.2. The zero-order chi connectivity index (χ0) is 21.2. The van der Waals surface area contributed by atoms with E-state index in [0.717, 1.165) is 10.1 Å². The lowest BCUT2D eigenvalue weighted by atomic mass is 10.1. The Hall–Kier alpha value is -3.17. The van der Waals surface area contributed by atoms with Crippen molar-refractivity contribution in [3.05, 3.63) is 52.6 Å². The molecule has 0 spiro atoms. The molecule has 0 atom stereocenters. The molecule has 0 unspecified atom stereocenters. The van der Waals surface area contributed by atoms with Gasteiger partial charge < -0.3 is 10.1 Å². The summed E-state index contributed by atoms with van der Waals surface area (Å²) in [5.41, 5.74) is 2.58. The number of ether oxygens (including phenoxy) is 1. The van der Waals surface area contributed by atoms with Gasteiger partial charge in [-0.15, -0.1) is 5.10 Å². The number of hydrogen-bond donors (Lipinski definition) is 1. The lowest BCUT2D eigenvalue weighted by Crippen LogP contribution is -2.23. The number of alkyl halides is 3. The Labute approximate surface area is 164 Å². The highest BCUT2D eigenvalue weighted by Gasteiger charge is 2.36. The van der Waals surface area contributed by atoms with E-state index in [1.54, 1.807) is 21.0 Å². The third kappa shape index (κ3) is 4.64. The average molecular weight is 407 g/mol. The molecule has 0 aliphatic heterocycles. The van der Waals surface area contributed by atoms with Gasteiger partial charge in [0.1, 0.15) is 5.75 Å². The lowest BCUT2D eigenvalue weighted by Gasteiger charge is -2.11. The molecule has 1 N–H and O–H groups in total.